The molecule has 0 radical (unpaired) electrons. The summed E-state index contributed by atoms with van der Waals surface area (Å²) in [6.07, 6.45) is 2.04. The minimum Gasteiger partial charge on any atom is -0.261 e. The standard InChI is InChI=1S/C23H33N/c1-16(2)18-9-14-21(24-15-18)17(3)23(7,8)20-12-10-19(11-13-20)22(4,5)6/h9-17H,1-8H3. The number of nitrogens with zero attached hydrogens (tertiary/aromatic N) is 1. The number of benzene rings is 1. The Kier molecular flexibility index (Phi) is 5.22. The van der Waals surface area contributed by atoms with Gasteiger partial charge in [0.2, 0.25) is 0 Å². The predicted octanol–water partition coefficient (Wildman–Crippen LogP) is 6.58. The van der Waals surface area contributed by atoms with E-state index in [4.69, 9.17) is 4.98 Å². The van der Waals surface area contributed by atoms with Gasteiger partial charge in [0.25, 0.3) is 0 Å². The van der Waals surface area contributed by atoms with Crippen LogP contribution in [0.1, 0.15) is 89.6 Å². The molecule has 0 aliphatic rings. The van der Waals surface area contributed by atoms with Gasteiger partial charge in [-0.3, -0.25) is 4.98 Å². The Balaban J connectivity index is 2.28. The molecule has 0 fully saturated rings. The van der Waals surface area contributed by atoms with E-state index in [1.165, 1.54) is 22.4 Å². The molecule has 1 heteroatoms. The van der Waals surface area contributed by atoms with Gasteiger partial charge in [-0.1, -0.05) is 85.7 Å². The molecular formula is C23H33N. The van der Waals surface area contributed by atoms with Crippen molar-refractivity contribution in [3.63, 3.8) is 0 Å². The molecule has 24 heavy (non-hydrogen) atoms. The molecule has 0 aliphatic carbocycles. The summed E-state index contributed by atoms with van der Waals surface area (Å²) in [6, 6.07) is 13.6. The van der Waals surface area contributed by atoms with E-state index in [-0.39, 0.29) is 10.8 Å². The molecule has 1 aromatic heterocycles. The van der Waals surface area contributed by atoms with Crippen molar-refractivity contribution >= 4 is 0 Å². The van der Waals surface area contributed by atoms with E-state index in [2.05, 4.69) is 91.8 Å². The summed E-state index contributed by atoms with van der Waals surface area (Å²) in [5, 5.41) is 0. The average molecular weight is 324 g/mol. The molecule has 0 N–H and O–H groups in total. The SMILES string of the molecule is CC(C)c1ccc(C(C)C(C)(C)c2ccc(C(C)(C)C)cc2)nc1. The van der Waals surface area contributed by atoms with Gasteiger partial charge >= 0.3 is 0 Å². The summed E-state index contributed by atoms with van der Waals surface area (Å²) in [7, 11) is 0. The van der Waals surface area contributed by atoms with Crippen LogP contribution in [0.4, 0.5) is 0 Å². The maximum Gasteiger partial charge on any atom is 0.0440 e. The van der Waals surface area contributed by atoms with Gasteiger partial charge in [0.1, 0.15) is 0 Å². The lowest BCUT2D eigenvalue weighted by atomic mass is 9.72. The molecule has 1 unspecified atom stereocenters. The molecule has 1 heterocycles. The smallest absolute Gasteiger partial charge is 0.0440 e. The minimum atomic E-state index is 0.0444. The van der Waals surface area contributed by atoms with Crippen LogP contribution in [0, 0.1) is 0 Å². The molecule has 1 nitrogen and oxygen atoms in total. The topological polar surface area (TPSA) is 12.9 Å². The van der Waals surface area contributed by atoms with E-state index in [0.717, 1.165) is 0 Å². The highest BCUT2D eigenvalue weighted by Crippen LogP contribution is 2.38. The zero-order valence-electron chi connectivity index (χ0n) is 16.6. The number of rotatable bonds is 4. The summed E-state index contributed by atoms with van der Waals surface area (Å²) in [4.78, 5) is 4.75. The molecule has 2 aromatic rings. The predicted molar refractivity (Wildman–Crippen MR) is 105 cm³/mol. The lowest BCUT2D eigenvalue weighted by molar-refractivity contribution is 0.428. The van der Waals surface area contributed by atoms with E-state index < -0.39 is 0 Å². The lowest BCUT2D eigenvalue weighted by Gasteiger charge is -2.33. The van der Waals surface area contributed by atoms with Crippen molar-refractivity contribution in [1.29, 1.82) is 0 Å². The number of aromatic nitrogens is 1. The maximum absolute atomic E-state index is 4.75. The Morgan fingerprint density at radius 1 is 0.750 bits per heavy atom. The third-order valence-corrected chi connectivity index (χ3v) is 5.50. The third-order valence-electron chi connectivity index (χ3n) is 5.50. The largest absolute Gasteiger partial charge is 0.261 e. The molecule has 1 atom stereocenters. The van der Waals surface area contributed by atoms with Crippen LogP contribution in [0.3, 0.4) is 0 Å². The monoisotopic (exact) mass is 323 g/mol. The Morgan fingerprint density at radius 3 is 1.71 bits per heavy atom. The zero-order valence-corrected chi connectivity index (χ0v) is 16.6. The molecule has 0 aliphatic heterocycles. The van der Waals surface area contributed by atoms with Gasteiger partial charge in [0.15, 0.2) is 0 Å². The minimum absolute atomic E-state index is 0.0444. The number of hydrogen-bond acceptors (Lipinski definition) is 1. The molecular weight excluding hydrogens is 290 g/mol. The molecule has 2 rings (SSSR count). The van der Waals surface area contributed by atoms with Gasteiger partial charge in [0.05, 0.1) is 0 Å². The van der Waals surface area contributed by atoms with Crippen LogP contribution in [0.5, 0.6) is 0 Å². The van der Waals surface area contributed by atoms with Crippen molar-refractivity contribution in [2.75, 3.05) is 0 Å². The Morgan fingerprint density at radius 2 is 1.29 bits per heavy atom. The van der Waals surface area contributed by atoms with Crippen LogP contribution < -0.4 is 0 Å². The van der Waals surface area contributed by atoms with Crippen LogP contribution >= 0.6 is 0 Å². The van der Waals surface area contributed by atoms with Crippen LogP contribution in [0.25, 0.3) is 0 Å². The van der Waals surface area contributed by atoms with E-state index in [1.54, 1.807) is 0 Å². The first-order chi connectivity index (χ1) is 11.0. The Bertz CT molecular complexity index is 655. The van der Waals surface area contributed by atoms with E-state index in [1.807, 2.05) is 6.20 Å². The lowest BCUT2D eigenvalue weighted by Crippen LogP contribution is -2.26. The third kappa shape index (κ3) is 3.88. The van der Waals surface area contributed by atoms with Crippen molar-refractivity contribution in [3.05, 3.63) is 65.0 Å². The molecule has 1 aromatic carbocycles. The van der Waals surface area contributed by atoms with Gasteiger partial charge in [-0.05, 0) is 39.5 Å². The summed E-state index contributed by atoms with van der Waals surface area (Å²) in [6.45, 7) is 18.1. The summed E-state index contributed by atoms with van der Waals surface area (Å²) < 4.78 is 0. The molecule has 0 saturated carbocycles. The van der Waals surface area contributed by atoms with Crippen LogP contribution in [0.2, 0.25) is 0 Å². The highest BCUT2D eigenvalue weighted by Gasteiger charge is 2.30. The second-order valence-corrected chi connectivity index (χ2v) is 8.94. The fourth-order valence-electron chi connectivity index (χ4n) is 3.03. The summed E-state index contributed by atoms with van der Waals surface area (Å²) in [5.74, 6) is 0.888. The second kappa shape index (κ2) is 6.70. The van der Waals surface area contributed by atoms with Crippen molar-refractivity contribution in [2.45, 2.75) is 78.1 Å². The second-order valence-electron chi connectivity index (χ2n) is 8.94. The Labute approximate surface area is 148 Å². The molecule has 130 valence electrons. The van der Waals surface area contributed by atoms with Gasteiger partial charge < -0.3 is 0 Å². The number of pyridine rings is 1. The first-order valence-corrected chi connectivity index (χ1v) is 9.10. The maximum atomic E-state index is 4.75. The normalized spacial score (nSPS) is 14.0. The van der Waals surface area contributed by atoms with Gasteiger partial charge in [-0.2, -0.15) is 0 Å². The molecule has 0 saturated heterocycles. The zero-order chi connectivity index (χ0) is 18.1. The first kappa shape index (κ1) is 18.7. The quantitative estimate of drug-likeness (QED) is 0.619. The summed E-state index contributed by atoms with van der Waals surface area (Å²) in [5.41, 5.74) is 5.47. The fraction of sp³-hybridized carbons (Fsp3) is 0.522. The fourth-order valence-corrected chi connectivity index (χ4v) is 3.03. The van der Waals surface area contributed by atoms with Gasteiger partial charge in [-0.25, -0.2) is 0 Å². The van der Waals surface area contributed by atoms with Gasteiger partial charge in [0, 0.05) is 17.8 Å². The van der Waals surface area contributed by atoms with E-state index in [0.29, 0.717) is 11.8 Å². The van der Waals surface area contributed by atoms with Crippen molar-refractivity contribution in [3.8, 4) is 0 Å². The van der Waals surface area contributed by atoms with Crippen molar-refractivity contribution in [2.24, 2.45) is 0 Å². The first-order valence-electron chi connectivity index (χ1n) is 9.10. The number of hydrogen-bond donors (Lipinski definition) is 0. The van der Waals surface area contributed by atoms with E-state index >= 15 is 0 Å². The van der Waals surface area contributed by atoms with Crippen molar-refractivity contribution in [1.82, 2.24) is 4.98 Å². The highest BCUT2D eigenvalue weighted by atomic mass is 14.7. The van der Waals surface area contributed by atoms with Gasteiger partial charge in [-0.15, -0.1) is 0 Å². The Hall–Kier alpha value is -1.63. The average Bonchev–Trinajstić information content (AvgIpc) is 2.53. The summed E-state index contributed by atoms with van der Waals surface area (Å²) >= 11 is 0. The van der Waals surface area contributed by atoms with Crippen LogP contribution in [-0.4, -0.2) is 4.98 Å². The molecule has 0 bridgehead atoms. The molecule has 0 spiro atoms. The molecule has 0 amide bonds. The highest BCUT2D eigenvalue weighted by molar-refractivity contribution is 5.34. The van der Waals surface area contributed by atoms with Crippen LogP contribution in [0.15, 0.2) is 42.6 Å². The van der Waals surface area contributed by atoms with Crippen LogP contribution in [-0.2, 0) is 10.8 Å². The van der Waals surface area contributed by atoms with Crippen molar-refractivity contribution < 1.29 is 0 Å². The van der Waals surface area contributed by atoms with E-state index in [9.17, 15) is 0 Å².